The minimum Gasteiger partial charge on any atom is -0.468 e. The average molecular weight is 217 g/mol. The quantitative estimate of drug-likeness (QED) is 0.723. The van der Waals surface area contributed by atoms with Gasteiger partial charge in [-0.1, -0.05) is 13.8 Å². The van der Waals surface area contributed by atoms with Crippen LogP contribution in [0.3, 0.4) is 0 Å². The lowest BCUT2D eigenvalue weighted by Gasteiger charge is -2.35. The lowest BCUT2D eigenvalue weighted by atomic mass is 9.88. The third-order valence-electron chi connectivity index (χ3n) is 2.37. The maximum absolute atomic E-state index is 10.9. The molecule has 82 valence electrons. The zero-order valence-corrected chi connectivity index (χ0v) is 9.95. The number of ether oxygens (including phenoxy) is 1. The van der Waals surface area contributed by atoms with Crippen LogP contribution in [-0.4, -0.2) is 37.2 Å². The van der Waals surface area contributed by atoms with E-state index in [0.717, 1.165) is 12.2 Å². The predicted octanol–water partition coefficient (Wildman–Crippen LogP) is 1.28. The summed E-state index contributed by atoms with van der Waals surface area (Å²) in [5.41, 5.74) is 0.386. The van der Waals surface area contributed by atoms with E-state index < -0.39 is 0 Å². The molecule has 1 saturated heterocycles. The number of esters is 1. The summed E-state index contributed by atoms with van der Waals surface area (Å²) >= 11 is 1.95. The first kappa shape index (κ1) is 11.9. The topological polar surface area (TPSA) is 38.3 Å². The van der Waals surface area contributed by atoms with Crippen LogP contribution in [0.25, 0.3) is 0 Å². The van der Waals surface area contributed by atoms with Crippen LogP contribution in [0.5, 0.6) is 0 Å². The summed E-state index contributed by atoms with van der Waals surface area (Å²) in [6.07, 6.45) is 1.14. The van der Waals surface area contributed by atoms with Crippen LogP contribution in [0.1, 0.15) is 20.3 Å². The standard InChI is InChI=1S/C10H19NO2S/c1-10(2)4-8(6-14-7-10)11-5-9(12)13-3/h8,11H,4-7H2,1-3H3. The lowest BCUT2D eigenvalue weighted by molar-refractivity contribution is -0.139. The second-order valence-electron chi connectivity index (χ2n) is 4.54. The molecule has 1 unspecified atom stereocenters. The fourth-order valence-electron chi connectivity index (χ4n) is 1.69. The molecular weight excluding hydrogens is 198 g/mol. The van der Waals surface area contributed by atoms with Crippen LogP contribution in [0.15, 0.2) is 0 Å². The molecule has 0 aliphatic carbocycles. The van der Waals surface area contributed by atoms with E-state index in [-0.39, 0.29) is 5.97 Å². The van der Waals surface area contributed by atoms with Gasteiger partial charge in [0.25, 0.3) is 0 Å². The number of methoxy groups -OCH3 is 1. The highest BCUT2D eigenvalue weighted by Gasteiger charge is 2.28. The molecular formula is C10H19NO2S. The second-order valence-corrected chi connectivity index (χ2v) is 5.57. The molecule has 1 aliphatic rings. The van der Waals surface area contributed by atoms with Crippen molar-refractivity contribution < 1.29 is 9.53 Å². The van der Waals surface area contributed by atoms with Crippen molar-refractivity contribution in [3.63, 3.8) is 0 Å². The summed E-state index contributed by atoms with van der Waals surface area (Å²) in [6, 6.07) is 0.447. The van der Waals surface area contributed by atoms with Crippen molar-refractivity contribution in [2.24, 2.45) is 5.41 Å². The molecule has 0 aromatic carbocycles. The van der Waals surface area contributed by atoms with Crippen molar-refractivity contribution in [1.82, 2.24) is 5.32 Å². The summed E-state index contributed by atoms with van der Waals surface area (Å²) in [5, 5.41) is 3.23. The summed E-state index contributed by atoms with van der Waals surface area (Å²) in [4.78, 5) is 10.9. The highest BCUT2D eigenvalue weighted by molar-refractivity contribution is 7.99. The van der Waals surface area contributed by atoms with E-state index in [0.29, 0.717) is 18.0 Å². The van der Waals surface area contributed by atoms with Crippen molar-refractivity contribution in [2.75, 3.05) is 25.2 Å². The Labute approximate surface area is 90.0 Å². The van der Waals surface area contributed by atoms with Gasteiger partial charge in [0, 0.05) is 11.8 Å². The Balaban J connectivity index is 2.28. The van der Waals surface area contributed by atoms with Gasteiger partial charge in [-0.15, -0.1) is 0 Å². The highest BCUT2D eigenvalue weighted by Crippen LogP contribution is 2.33. The Morgan fingerprint density at radius 2 is 2.36 bits per heavy atom. The number of nitrogens with one attached hydrogen (secondary N) is 1. The molecule has 0 amide bonds. The Kier molecular flexibility index (Phi) is 4.26. The fraction of sp³-hybridized carbons (Fsp3) is 0.900. The normalized spacial score (nSPS) is 25.8. The smallest absolute Gasteiger partial charge is 0.319 e. The molecule has 0 aromatic rings. The van der Waals surface area contributed by atoms with Crippen LogP contribution in [0.2, 0.25) is 0 Å². The van der Waals surface area contributed by atoms with Crippen molar-refractivity contribution in [1.29, 1.82) is 0 Å². The molecule has 1 heterocycles. The summed E-state index contributed by atoms with van der Waals surface area (Å²) in [5.74, 6) is 2.13. The molecule has 4 heteroatoms. The number of hydrogen-bond donors (Lipinski definition) is 1. The molecule has 1 N–H and O–H groups in total. The number of thioether (sulfide) groups is 1. The Morgan fingerprint density at radius 1 is 1.64 bits per heavy atom. The van der Waals surface area contributed by atoms with Gasteiger partial charge in [-0.3, -0.25) is 4.79 Å². The summed E-state index contributed by atoms with van der Waals surface area (Å²) < 4.78 is 4.59. The maximum atomic E-state index is 10.9. The first-order valence-electron chi connectivity index (χ1n) is 4.91. The fourth-order valence-corrected chi connectivity index (χ4v) is 3.00. The second kappa shape index (κ2) is 5.03. The molecule has 3 nitrogen and oxygen atoms in total. The van der Waals surface area contributed by atoms with Crippen molar-refractivity contribution in [3.05, 3.63) is 0 Å². The Morgan fingerprint density at radius 3 is 2.93 bits per heavy atom. The van der Waals surface area contributed by atoms with E-state index >= 15 is 0 Å². The van der Waals surface area contributed by atoms with E-state index in [2.05, 4.69) is 23.9 Å². The SMILES string of the molecule is COC(=O)CNC1CSCC(C)(C)C1. The monoisotopic (exact) mass is 217 g/mol. The number of carbonyl (C=O) groups is 1. The molecule has 0 saturated carbocycles. The van der Waals surface area contributed by atoms with Crippen LogP contribution in [-0.2, 0) is 9.53 Å². The first-order valence-corrected chi connectivity index (χ1v) is 6.07. The minimum absolute atomic E-state index is 0.182. The summed E-state index contributed by atoms with van der Waals surface area (Å²) in [7, 11) is 1.42. The third-order valence-corrected chi connectivity index (χ3v) is 4.00. The Bertz CT molecular complexity index is 206. The van der Waals surface area contributed by atoms with E-state index in [1.54, 1.807) is 0 Å². The van der Waals surface area contributed by atoms with Crippen LogP contribution in [0.4, 0.5) is 0 Å². The van der Waals surface area contributed by atoms with Gasteiger partial charge in [0.15, 0.2) is 0 Å². The van der Waals surface area contributed by atoms with Gasteiger partial charge in [0.2, 0.25) is 0 Å². The van der Waals surface area contributed by atoms with Gasteiger partial charge in [-0.25, -0.2) is 0 Å². The van der Waals surface area contributed by atoms with E-state index in [1.807, 2.05) is 11.8 Å². The van der Waals surface area contributed by atoms with E-state index in [4.69, 9.17) is 0 Å². The molecule has 0 spiro atoms. The van der Waals surface area contributed by atoms with Crippen LogP contribution < -0.4 is 5.32 Å². The molecule has 0 radical (unpaired) electrons. The molecule has 1 aliphatic heterocycles. The summed E-state index contributed by atoms with van der Waals surface area (Å²) in [6.45, 7) is 4.87. The minimum atomic E-state index is -0.182. The number of carbonyl (C=O) groups excluding carboxylic acids is 1. The van der Waals surface area contributed by atoms with Crippen molar-refractivity contribution in [2.45, 2.75) is 26.3 Å². The molecule has 0 bridgehead atoms. The van der Waals surface area contributed by atoms with Crippen molar-refractivity contribution in [3.8, 4) is 0 Å². The van der Waals surface area contributed by atoms with Gasteiger partial charge < -0.3 is 10.1 Å². The van der Waals surface area contributed by atoms with Crippen LogP contribution >= 0.6 is 11.8 Å². The zero-order valence-electron chi connectivity index (χ0n) is 9.13. The molecule has 14 heavy (non-hydrogen) atoms. The maximum Gasteiger partial charge on any atom is 0.319 e. The van der Waals surface area contributed by atoms with Gasteiger partial charge in [0.1, 0.15) is 0 Å². The number of hydrogen-bond acceptors (Lipinski definition) is 4. The molecule has 0 aromatic heterocycles. The number of rotatable bonds is 3. The van der Waals surface area contributed by atoms with Crippen molar-refractivity contribution >= 4 is 17.7 Å². The first-order chi connectivity index (χ1) is 6.53. The molecule has 1 atom stereocenters. The van der Waals surface area contributed by atoms with Gasteiger partial charge in [-0.2, -0.15) is 11.8 Å². The lowest BCUT2D eigenvalue weighted by Crippen LogP contribution is -2.42. The highest BCUT2D eigenvalue weighted by atomic mass is 32.2. The van der Waals surface area contributed by atoms with Gasteiger partial charge in [0.05, 0.1) is 13.7 Å². The van der Waals surface area contributed by atoms with E-state index in [9.17, 15) is 4.79 Å². The molecule has 1 rings (SSSR count). The third kappa shape index (κ3) is 3.88. The average Bonchev–Trinajstić information content (AvgIpc) is 2.12. The van der Waals surface area contributed by atoms with Gasteiger partial charge >= 0.3 is 5.97 Å². The largest absolute Gasteiger partial charge is 0.468 e. The molecule has 1 fully saturated rings. The van der Waals surface area contributed by atoms with Crippen LogP contribution in [0, 0.1) is 5.41 Å². The zero-order chi connectivity index (χ0) is 10.6. The van der Waals surface area contributed by atoms with E-state index in [1.165, 1.54) is 12.9 Å². The predicted molar refractivity (Wildman–Crippen MR) is 59.5 cm³/mol. The Hall–Kier alpha value is -0.220. The van der Waals surface area contributed by atoms with Gasteiger partial charge in [-0.05, 0) is 17.6 Å².